The fraction of sp³-hybridized carbons (Fsp3) is 0.600. The van der Waals surface area contributed by atoms with Crippen LogP contribution in [0.25, 0.3) is 0 Å². The predicted molar refractivity (Wildman–Crippen MR) is 64.3 cm³/mol. The highest BCUT2D eigenvalue weighted by Gasteiger charge is 2.06. The van der Waals surface area contributed by atoms with Crippen LogP contribution in [0.2, 0.25) is 0 Å². The number of aromatic nitrogens is 1. The van der Waals surface area contributed by atoms with Gasteiger partial charge in [0, 0.05) is 17.8 Å². The molecule has 0 spiro atoms. The molecule has 1 aromatic heterocycles. The number of ether oxygens (including phenoxy) is 1. The Hall–Kier alpha value is -1.14. The second-order valence-corrected chi connectivity index (χ2v) is 4.44. The molecule has 16 heavy (non-hydrogen) atoms. The van der Waals surface area contributed by atoms with E-state index in [2.05, 4.69) is 20.6 Å². The average Bonchev–Trinajstić information content (AvgIpc) is 2.69. The van der Waals surface area contributed by atoms with Gasteiger partial charge in [0.05, 0.1) is 12.8 Å². The van der Waals surface area contributed by atoms with Gasteiger partial charge in [-0.05, 0) is 20.3 Å². The second-order valence-electron chi connectivity index (χ2n) is 3.58. The zero-order chi connectivity index (χ0) is 12.0. The van der Waals surface area contributed by atoms with Crippen LogP contribution in [0.4, 0.5) is 5.13 Å². The van der Waals surface area contributed by atoms with Gasteiger partial charge in [0.2, 0.25) is 0 Å². The highest BCUT2D eigenvalue weighted by atomic mass is 32.1. The number of anilines is 1. The number of thiazole rings is 1. The van der Waals surface area contributed by atoms with Gasteiger partial charge in [-0.2, -0.15) is 0 Å². The topological polar surface area (TPSA) is 63.2 Å². The van der Waals surface area contributed by atoms with Crippen molar-refractivity contribution in [1.29, 1.82) is 0 Å². The van der Waals surface area contributed by atoms with Crippen LogP contribution in [-0.4, -0.2) is 24.1 Å². The van der Waals surface area contributed by atoms with Crippen LogP contribution in [0.1, 0.15) is 25.5 Å². The Labute approximate surface area is 99.2 Å². The lowest BCUT2D eigenvalue weighted by molar-refractivity contribution is -0.140. The number of aryl methyl sites for hydroxylation is 1. The average molecular weight is 243 g/mol. The molecule has 2 N–H and O–H groups in total. The largest absolute Gasteiger partial charge is 0.469 e. The van der Waals surface area contributed by atoms with Gasteiger partial charge in [-0.25, -0.2) is 10.4 Å². The number of hydrazine groups is 1. The van der Waals surface area contributed by atoms with Crippen LogP contribution < -0.4 is 10.9 Å². The van der Waals surface area contributed by atoms with Crippen LogP contribution in [0, 0.1) is 6.92 Å². The first kappa shape index (κ1) is 12.9. The third-order valence-electron chi connectivity index (χ3n) is 2.05. The third-order valence-corrected chi connectivity index (χ3v) is 2.93. The number of carbonyl (C=O) groups excluding carboxylic acids is 1. The van der Waals surface area contributed by atoms with Gasteiger partial charge in [-0.3, -0.25) is 10.2 Å². The Bertz CT molecular complexity index is 341. The number of esters is 1. The molecule has 0 amide bonds. The number of hydrogen-bond donors (Lipinski definition) is 2. The van der Waals surface area contributed by atoms with E-state index in [1.807, 2.05) is 19.2 Å². The Balaban J connectivity index is 2.19. The summed E-state index contributed by atoms with van der Waals surface area (Å²) in [7, 11) is 1.40. The first-order valence-corrected chi connectivity index (χ1v) is 6.00. The normalized spacial score (nSPS) is 12.2. The van der Waals surface area contributed by atoms with Crippen molar-refractivity contribution < 1.29 is 9.53 Å². The highest BCUT2D eigenvalue weighted by Crippen LogP contribution is 2.13. The summed E-state index contributed by atoms with van der Waals surface area (Å²) in [5.41, 5.74) is 7.09. The number of rotatable bonds is 6. The number of carbonyl (C=O) groups is 1. The number of methoxy groups -OCH3 is 1. The minimum Gasteiger partial charge on any atom is -0.469 e. The monoisotopic (exact) mass is 243 g/mol. The van der Waals surface area contributed by atoms with Crippen LogP contribution in [-0.2, 0) is 9.53 Å². The second kappa shape index (κ2) is 6.44. The summed E-state index contributed by atoms with van der Waals surface area (Å²) in [6, 6.07) is 0.184. The predicted octanol–water partition coefficient (Wildman–Crippen LogP) is 1.71. The first-order valence-electron chi connectivity index (χ1n) is 5.12. The fourth-order valence-electron chi connectivity index (χ4n) is 1.10. The smallest absolute Gasteiger partial charge is 0.305 e. The molecule has 0 aliphatic heterocycles. The maximum absolute atomic E-state index is 10.9. The molecule has 1 rings (SSSR count). The number of nitrogens with one attached hydrogen (secondary N) is 2. The molecule has 90 valence electrons. The van der Waals surface area contributed by atoms with Crippen LogP contribution in [0.5, 0.6) is 0 Å². The molecule has 1 unspecified atom stereocenters. The minimum absolute atomic E-state index is 0.182. The third kappa shape index (κ3) is 4.59. The molecule has 0 radical (unpaired) electrons. The lowest BCUT2D eigenvalue weighted by Crippen LogP contribution is -2.32. The van der Waals surface area contributed by atoms with Gasteiger partial charge in [0.1, 0.15) is 0 Å². The van der Waals surface area contributed by atoms with Crippen molar-refractivity contribution in [3.05, 3.63) is 11.1 Å². The maximum Gasteiger partial charge on any atom is 0.305 e. The van der Waals surface area contributed by atoms with Crippen molar-refractivity contribution in [2.75, 3.05) is 12.5 Å². The molecule has 0 saturated carbocycles. The van der Waals surface area contributed by atoms with Gasteiger partial charge in [-0.15, -0.1) is 11.3 Å². The van der Waals surface area contributed by atoms with E-state index in [0.717, 1.165) is 17.2 Å². The number of hydrogen-bond acceptors (Lipinski definition) is 6. The Morgan fingerprint density at radius 3 is 3.00 bits per heavy atom. The molecule has 0 bridgehead atoms. The van der Waals surface area contributed by atoms with Crippen LogP contribution >= 0.6 is 11.3 Å². The quantitative estimate of drug-likeness (QED) is 0.588. The molecule has 0 aliphatic carbocycles. The van der Waals surface area contributed by atoms with Crippen molar-refractivity contribution in [2.45, 2.75) is 32.7 Å². The molecule has 0 saturated heterocycles. The molecule has 0 aromatic carbocycles. The lowest BCUT2D eigenvalue weighted by atomic mass is 10.2. The van der Waals surface area contributed by atoms with E-state index in [4.69, 9.17) is 0 Å². The van der Waals surface area contributed by atoms with Crippen LogP contribution in [0.15, 0.2) is 5.38 Å². The summed E-state index contributed by atoms with van der Waals surface area (Å²) in [6.07, 6.45) is 1.15. The van der Waals surface area contributed by atoms with E-state index in [9.17, 15) is 4.79 Å². The summed E-state index contributed by atoms with van der Waals surface area (Å²) in [5.74, 6) is -0.182. The minimum atomic E-state index is -0.182. The van der Waals surface area contributed by atoms with Gasteiger partial charge in [0.25, 0.3) is 0 Å². The van der Waals surface area contributed by atoms with E-state index in [1.54, 1.807) is 11.3 Å². The Morgan fingerprint density at radius 2 is 2.44 bits per heavy atom. The Kier molecular flexibility index (Phi) is 5.21. The molecule has 0 fully saturated rings. The summed E-state index contributed by atoms with van der Waals surface area (Å²) < 4.78 is 4.57. The lowest BCUT2D eigenvalue weighted by Gasteiger charge is -2.13. The van der Waals surface area contributed by atoms with E-state index in [1.165, 1.54) is 7.11 Å². The molecule has 1 heterocycles. The molecule has 1 atom stereocenters. The van der Waals surface area contributed by atoms with Crippen molar-refractivity contribution in [1.82, 2.24) is 10.4 Å². The first-order chi connectivity index (χ1) is 7.61. The summed E-state index contributed by atoms with van der Waals surface area (Å²) in [6.45, 7) is 3.94. The SMILES string of the molecule is COC(=O)CCC(C)NNc1nc(C)cs1. The van der Waals surface area contributed by atoms with E-state index in [-0.39, 0.29) is 12.0 Å². The summed E-state index contributed by atoms with van der Waals surface area (Å²) in [4.78, 5) is 15.2. The van der Waals surface area contributed by atoms with Gasteiger partial charge in [0.15, 0.2) is 5.13 Å². The highest BCUT2D eigenvalue weighted by molar-refractivity contribution is 7.13. The molecular formula is C10H17N3O2S. The van der Waals surface area contributed by atoms with Crippen molar-refractivity contribution in [3.8, 4) is 0 Å². The van der Waals surface area contributed by atoms with Crippen molar-refractivity contribution in [3.63, 3.8) is 0 Å². The van der Waals surface area contributed by atoms with Crippen molar-refractivity contribution >= 4 is 22.4 Å². The van der Waals surface area contributed by atoms with Gasteiger partial charge >= 0.3 is 5.97 Å². The van der Waals surface area contributed by atoms with E-state index < -0.39 is 0 Å². The van der Waals surface area contributed by atoms with Crippen LogP contribution in [0.3, 0.4) is 0 Å². The van der Waals surface area contributed by atoms with Crippen molar-refractivity contribution in [2.24, 2.45) is 0 Å². The maximum atomic E-state index is 10.9. The molecule has 0 aliphatic rings. The van der Waals surface area contributed by atoms with E-state index in [0.29, 0.717) is 6.42 Å². The van der Waals surface area contributed by atoms with Gasteiger partial charge in [-0.1, -0.05) is 0 Å². The van der Waals surface area contributed by atoms with Gasteiger partial charge < -0.3 is 4.74 Å². The van der Waals surface area contributed by atoms with E-state index >= 15 is 0 Å². The fourth-order valence-corrected chi connectivity index (χ4v) is 1.75. The molecule has 6 heteroatoms. The standard InChI is InChI=1S/C10H17N3O2S/c1-7(4-5-9(14)15-3)12-13-10-11-8(2)6-16-10/h6-7,12H,4-5H2,1-3H3,(H,11,13). The number of nitrogens with zero attached hydrogens (tertiary/aromatic N) is 1. The summed E-state index contributed by atoms with van der Waals surface area (Å²) in [5, 5.41) is 2.81. The molecule has 1 aromatic rings. The Morgan fingerprint density at radius 1 is 1.69 bits per heavy atom. The summed E-state index contributed by atoms with van der Waals surface area (Å²) >= 11 is 1.54. The molecule has 5 nitrogen and oxygen atoms in total. The zero-order valence-electron chi connectivity index (χ0n) is 9.74. The molecular weight excluding hydrogens is 226 g/mol. The zero-order valence-corrected chi connectivity index (χ0v) is 10.6.